The fourth-order valence-electron chi connectivity index (χ4n) is 6.77. The molecular weight excluding hydrogens is 770 g/mol. The molecule has 1 saturated carbocycles. The zero-order valence-electron chi connectivity index (χ0n) is 29.6. The van der Waals surface area contributed by atoms with Crippen molar-refractivity contribution in [3.8, 4) is 11.5 Å². The van der Waals surface area contributed by atoms with Gasteiger partial charge in [0, 0.05) is 25.0 Å². The SMILES string of the molecule is O=C(C1=C(Oc2ccc(CCCOc3c(F)ccc(F)c3F)cc2)CC2CCC1N2C(=O)OCCOCCON(O)O)N(Cc1cccc(Cl)c1Cl)C1CC1. The molecule has 2 amide bonds. The molecule has 3 aromatic rings. The van der Waals surface area contributed by atoms with Crippen LogP contribution < -0.4 is 9.47 Å². The van der Waals surface area contributed by atoms with Crippen LogP contribution in [0.25, 0.3) is 0 Å². The molecule has 296 valence electrons. The molecule has 2 bridgehead atoms. The normalized spacial score (nSPS) is 17.9. The van der Waals surface area contributed by atoms with Gasteiger partial charge in [0.1, 0.15) is 18.1 Å². The standard InChI is InChI=1S/C38H40Cl2F3N3O9/c39-28-5-1-4-24(34(28)40)22-44(25-8-9-25)37(47)33-31-15-10-26(45(31)38(48)53-19-17-51-18-20-54-46(49)50)21-32(33)55-27-11-6-23(7-12-27)3-2-16-52-36-30(42)14-13-29(41)35(36)43/h1,4-7,11-14,25-26,31,49-50H,2-3,8-10,15-22H2. The van der Waals surface area contributed by atoms with Gasteiger partial charge in [0.05, 0.1) is 53.5 Å². The van der Waals surface area contributed by atoms with E-state index in [0.29, 0.717) is 64.4 Å². The second-order valence-corrected chi connectivity index (χ2v) is 14.0. The lowest BCUT2D eigenvalue weighted by Gasteiger charge is -2.38. The van der Waals surface area contributed by atoms with Crippen LogP contribution in [0.15, 0.2) is 65.9 Å². The highest BCUT2D eigenvalue weighted by Gasteiger charge is 2.50. The van der Waals surface area contributed by atoms with Gasteiger partial charge in [-0.25, -0.2) is 18.4 Å². The number of halogens is 5. The first kappa shape index (κ1) is 40.6. The van der Waals surface area contributed by atoms with Crippen molar-refractivity contribution in [3.05, 3.63) is 105 Å². The second-order valence-electron chi connectivity index (χ2n) is 13.3. The van der Waals surface area contributed by atoms with Crippen molar-refractivity contribution >= 4 is 35.2 Å². The molecule has 12 nitrogen and oxygen atoms in total. The van der Waals surface area contributed by atoms with E-state index in [-0.39, 0.29) is 64.0 Å². The topological polar surface area (TPSA) is 130 Å². The maximum atomic E-state index is 14.7. The molecule has 2 N–H and O–H groups in total. The molecular formula is C38H40Cl2F3N3O9. The Morgan fingerprint density at radius 2 is 1.62 bits per heavy atom. The van der Waals surface area contributed by atoms with Crippen molar-refractivity contribution in [2.75, 3.05) is 33.0 Å². The van der Waals surface area contributed by atoms with E-state index in [9.17, 15) is 22.8 Å². The quantitative estimate of drug-likeness (QED) is 0.0751. The monoisotopic (exact) mass is 809 g/mol. The average molecular weight is 811 g/mol. The molecule has 0 aromatic heterocycles. The summed E-state index contributed by atoms with van der Waals surface area (Å²) in [6.45, 7) is 0.0224. The summed E-state index contributed by atoms with van der Waals surface area (Å²) in [7, 11) is 0. The van der Waals surface area contributed by atoms with E-state index in [1.54, 1.807) is 34.1 Å². The van der Waals surface area contributed by atoms with E-state index in [4.69, 9.17) is 52.6 Å². The van der Waals surface area contributed by atoms with Gasteiger partial charge in [0.15, 0.2) is 17.4 Å². The van der Waals surface area contributed by atoms with Gasteiger partial charge in [0.25, 0.3) is 5.91 Å². The van der Waals surface area contributed by atoms with E-state index < -0.39 is 40.7 Å². The number of carbonyl (C=O) groups excluding carboxylic acids is 2. The zero-order valence-corrected chi connectivity index (χ0v) is 31.1. The van der Waals surface area contributed by atoms with Gasteiger partial charge in [-0.3, -0.25) is 20.1 Å². The Morgan fingerprint density at radius 3 is 2.36 bits per heavy atom. The Balaban J connectivity index is 1.16. The number of amides is 2. The van der Waals surface area contributed by atoms with Crippen LogP contribution in [0.5, 0.6) is 11.5 Å². The molecule has 0 spiro atoms. The van der Waals surface area contributed by atoms with Crippen molar-refractivity contribution in [1.29, 1.82) is 0 Å². The molecule has 1 aliphatic carbocycles. The second kappa shape index (κ2) is 18.7. The molecule has 2 fully saturated rings. The van der Waals surface area contributed by atoms with Crippen molar-refractivity contribution in [3.63, 3.8) is 0 Å². The molecule has 6 rings (SSSR count). The summed E-state index contributed by atoms with van der Waals surface area (Å²) >= 11 is 12.9. The van der Waals surface area contributed by atoms with Crippen molar-refractivity contribution in [2.45, 2.75) is 69.6 Å². The van der Waals surface area contributed by atoms with Crippen molar-refractivity contribution in [2.24, 2.45) is 0 Å². The third-order valence-electron chi connectivity index (χ3n) is 9.53. The largest absolute Gasteiger partial charge is 0.488 e. The number of rotatable bonds is 18. The summed E-state index contributed by atoms with van der Waals surface area (Å²) in [5.41, 5.74) is 1.94. The molecule has 0 radical (unpaired) electrons. The Morgan fingerprint density at radius 1 is 0.873 bits per heavy atom. The Kier molecular flexibility index (Phi) is 13.8. The fraction of sp³-hybridized carbons (Fsp3) is 0.421. The summed E-state index contributed by atoms with van der Waals surface area (Å²) in [5.74, 6) is -3.64. The number of aryl methyl sites for hydroxylation is 1. The molecule has 2 heterocycles. The van der Waals surface area contributed by atoms with Crippen LogP contribution in [-0.4, -0.2) is 88.8 Å². The average Bonchev–Trinajstić information content (AvgIpc) is 3.96. The fourth-order valence-corrected chi connectivity index (χ4v) is 7.15. The summed E-state index contributed by atoms with van der Waals surface area (Å²) in [5, 5.41) is 17.5. The van der Waals surface area contributed by atoms with Gasteiger partial charge in [0.2, 0.25) is 5.82 Å². The predicted octanol–water partition coefficient (Wildman–Crippen LogP) is 7.65. The van der Waals surface area contributed by atoms with Gasteiger partial charge in [-0.15, -0.1) is 0 Å². The lowest BCUT2D eigenvalue weighted by atomic mass is 9.97. The lowest BCUT2D eigenvalue weighted by Crippen LogP contribution is -2.50. The van der Waals surface area contributed by atoms with Gasteiger partial charge in [-0.05, 0) is 80.0 Å². The van der Waals surface area contributed by atoms with Crippen molar-refractivity contribution in [1.82, 2.24) is 15.2 Å². The van der Waals surface area contributed by atoms with Crippen LogP contribution >= 0.6 is 23.2 Å². The Bertz CT molecular complexity index is 1870. The highest BCUT2D eigenvalue weighted by atomic mass is 35.5. The van der Waals surface area contributed by atoms with E-state index in [1.165, 1.54) is 0 Å². The smallest absolute Gasteiger partial charge is 0.410 e. The minimum atomic E-state index is -1.37. The minimum Gasteiger partial charge on any atom is -0.488 e. The maximum absolute atomic E-state index is 14.7. The summed E-state index contributed by atoms with van der Waals surface area (Å²) in [6.07, 6.45) is 3.32. The lowest BCUT2D eigenvalue weighted by molar-refractivity contribution is -0.493. The molecule has 17 heteroatoms. The highest BCUT2D eigenvalue weighted by Crippen LogP contribution is 2.43. The number of hydrogen-bond acceptors (Lipinski definition) is 10. The molecule has 2 aliphatic heterocycles. The van der Waals surface area contributed by atoms with Crippen LogP contribution in [0, 0.1) is 17.5 Å². The third-order valence-corrected chi connectivity index (χ3v) is 10.4. The first-order valence-corrected chi connectivity index (χ1v) is 18.6. The zero-order chi connectivity index (χ0) is 39.1. The maximum Gasteiger partial charge on any atom is 0.410 e. The Labute approximate surface area is 325 Å². The van der Waals surface area contributed by atoms with Crippen LogP contribution in [0.3, 0.4) is 0 Å². The van der Waals surface area contributed by atoms with E-state index in [1.807, 2.05) is 18.2 Å². The van der Waals surface area contributed by atoms with Crippen molar-refractivity contribution < 1.29 is 57.0 Å². The summed E-state index contributed by atoms with van der Waals surface area (Å²) in [6, 6.07) is 13.0. The third kappa shape index (κ3) is 10.2. The number of fused-ring (bicyclic) bond motifs is 2. The van der Waals surface area contributed by atoms with Crippen LogP contribution in [0.2, 0.25) is 10.0 Å². The van der Waals surface area contributed by atoms with Gasteiger partial charge >= 0.3 is 6.09 Å². The molecule has 3 aliphatic rings. The molecule has 2 unspecified atom stereocenters. The molecule has 1 saturated heterocycles. The van der Waals surface area contributed by atoms with Crippen LogP contribution in [-0.2, 0) is 32.1 Å². The van der Waals surface area contributed by atoms with E-state index in [0.717, 1.165) is 24.5 Å². The predicted molar refractivity (Wildman–Crippen MR) is 191 cm³/mol. The van der Waals surface area contributed by atoms with Gasteiger partial charge in [-0.1, -0.05) is 47.5 Å². The molecule has 3 aromatic carbocycles. The number of hydrogen-bond donors (Lipinski definition) is 2. The number of nitrogens with zero attached hydrogens (tertiary/aromatic N) is 3. The van der Waals surface area contributed by atoms with Crippen LogP contribution in [0.4, 0.5) is 18.0 Å². The number of ether oxygens (including phenoxy) is 4. The van der Waals surface area contributed by atoms with Crippen LogP contribution in [0.1, 0.15) is 49.7 Å². The summed E-state index contributed by atoms with van der Waals surface area (Å²) in [4.78, 5) is 36.0. The molecule has 2 atom stereocenters. The number of benzene rings is 3. The Hall–Kier alpha value is -4.09. The first-order valence-electron chi connectivity index (χ1n) is 17.9. The molecule has 55 heavy (non-hydrogen) atoms. The number of carbonyl (C=O) groups is 2. The van der Waals surface area contributed by atoms with E-state index in [2.05, 4.69) is 4.84 Å². The summed E-state index contributed by atoms with van der Waals surface area (Å²) < 4.78 is 63.8. The van der Waals surface area contributed by atoms with E-state index >= 15 is 0 Å². The minimum absolute atomic E-state index is 0.0221. The van der Waals surface area contributed by atoms with Gasteiger partial charge in [-0.2, -0.15) is 4.39 Å². The first-order chi connectivity index (χ1) is 26.5. The van der Waals surface area contributed by atoms with Gasteiger partial charge < -0.3 is 23.8 Å². The highest BCUT2D eigenvalue weighted by molar-refractivity contribution is 6.42.